The molecule has 1 atom stereocenters. The number of benzene rings is 2. The van der Waals surface area contributed by atoms with Gasteiger partial charge in [0.05, 0.1) is 13.7 Å². The molecule has 5 nitrogen and oxygen atoms in total. The van der Waals surface area contributed by atoms with Crippen LogP contribution in [-0.4, -0.2) is 25.7 Å². The molecule has 2 aromatic carbocycles. The van der Waals surface area contributed by atoms with Gasteiger partial charge >= 0.3 is 0 Å². The summed E-state index contributed by atoms with van der Waals surface area (Å²) in [5, 5.41) is 2.86. The van der Waals surface area contributed by atoms with E-state index in [4.69, 9.17) is 14.2 Å². The van der Waals surface area contributed by atoms with E-state index in [1.165, 1.54) is 0 Å². The van der Waals surface area contributed by atoms with Gasteiger partial charge in [0.25, 0.3) is 5.91 Å². The molecule has 2 aromatic rings. The molecule has 0 saturated carbocycles. The Bertz CT molecular complexity index is 655. The standard InChI is InChI=1S/C19H23NO4/c1-4-23-17-7-5-6-8-18(17)24-14(2)19(21)20-13-15-9-11-16(22-3)12-10-15/h5-12,14H,4,13H2,1-3H3,(H,20,21)/t14-/m0/s1. The summed E-state index contributed by atoms with van der Waals surface area (Å²) in [6.07, 6.45) is -0.621. The van der Waals surface area contributed by atoms with Gasteiger partial charge in [-0.3, -0.25) is 4.79 Å². The molecule has 0 aliphatic heterocycles. The number of hydrogen-bond donors (Lipinski definition) is 1. The molecule has 0 aliphatic carbocycles. The summed E-state index contributed by atoms with van der Waals surface area (Å²) in [5.41, 5.74) is 0.992. The maximum atomic E-state index is 12.2. The fourth-order valence-corrected chi connectivity index (χ4v) is 2.14. The van der Waals surface area contributed by atoms with Crippen LogP contribution in [0.3, 0.4) is 0 Å². The van der Waals surface area contributed by atoms with E-state index in [2.05, 4.69) is 5.32 Å². The van der Waals surface area contributed by atoms with Crippen LogP contribution in [0.1, 0.15) is 19.4 Å². The molecule has 0 saturated heterocycles. The van der Waals surface area contributed by atoms with Gasteiger partial charge < -0.3 is 19.5 Å². The lowest BCUT2D eigenvalue weighted by atomic mass is 10.2. The Morgan fingerprint density at radius 2 is 1.75 bits per heavy atom. The van der Waals surface area contributed by atoms with E-state index in [1.54, 1.807) is 20.1 Å². The Morgan fingerprint density at radius 3 is 2.38 bits per heavy atom. The maximum Gasteiger partial charge on any atom is 0.261 e. The lowest BCUT2D eigenvalue weighted by Crippen LogP contribution is -2.35. The Kier molecular flexibility index (Phi) is 6.49. The number of carbonyl (C=O) groups is 1. The first-order valence-corrected chi connectivity index (χ1v) is 7.93. The lowest BCUT2D eigenvalue weighted by molar-refractivity contribution is -0.127. The molecular formula is C19H23NO4. The molecule has 128 valence electrons. The zero-order valence-corrected chi connectivity index (χ0v) is 14.2. The van der Waals surface area contributed by atoms with Crippen LogP contribution < -0.4 is 19.5 Å². The van der Waals surface area contributed by atoms with Gasteiger partial charge in [-0.05, 0) is 43.7 Å². The highest BCUT2D eigenvalue weighted by molar-refractivity contribution is 5.80. The minimum Gasteiger partial charge on any atom is -0.497 e. The zero-order valence-electron chi connectivity index (χ0n) is 14.2. The quantitative estimate of drug-likeness (QED) is 0.808. The van der Waals surface area contributed by atoms with Gasteiger partial charge in [-0.15, -0.1) is 0 Å². The summed E-state index contributed by atoms with van der Waals surface area (Å²) in [6, 6.07) is 14.9. The van der Waals surface area contributed by atoms with E-state index in [9.17, 15) is 4.79 Å². The van der Waals surface area contributed by atoms with E-state index in [0.717, 1.165) is 11.3 Å². The van der Waals surface area contributed by atoms with Crippen LogP contribution in [0.25, 0.3) is 0 Å². The molecule has 0 unspecified atom stereocenters. The van der Waals surface area contributed by atoms with E-state index >= 15 is 0 Å². The van der Waals surface area contributed by atoms with E-state index < -0.39 is 6.10 Å². The van der Waals surface area contributed by atoms with Crippen LogP contribution in [0.15, 0.2) is 48.5 Å². The second-order valence-electron chi connectivity index (χ2n) is 5.21. The van der Waals surface area contributed by atoms with Gasteiger partial charge in [0.15, 0.2) is 17.6 Å². The van der Waals surface area contributed by atoms with Crippen molar-refractivity contribution in [2.45, 2.75) is 26.5 Å². The van der Waals surface area contributed by atoms with Crippen molar-refractivity contribution in [3.63, 3.8) is 0 Å². The number of nitrogens with one attached hydrogen (secondary N) is 1. The topological polar surface area (TPSA) is 56.8 Å². The number of carbonyl (C=O) groups excluding carboxylic acids is 1. The number of methoxy groups -OCH3 is 1. The predicted octanol–water partition coefficient (Wildman–Crippen LogP) is 3.18. The molecule has 0 heterocycles. The van der Waals surface area contributed by atoms with Gasteiger partial charge in [-0.2, -0.15) is 0 Å². The second kappa shape index (κ2) is 8.82. The monoisotopic (exact) mass is 329 g/mol. The third-order valence-electron chi connectivity index (χ3n) is 3.45. The third kappa shape index (κ3) is 4.91. The Hall–Kier alpha value is -2.69. The third-order valence-corrected chi connectivity index (χ3v) is 3.45. The number of rotatable bonds is 8. The van der Waals surface area contributed by atoms with Crippen LogP contribution in [-0.2, 0) is 11.3 Å². The highest BCUT2D eigenvalue weighted by Gasteiger charge is 2.16. The van der Waals surface area contributed by atoms with Crippen molar-refractivity contribution in [2.24, 2.45) is 0 Å². The molecule has 0 aliphatic rings. The van der Waals surface area contributed by atoms with Gasteiger partial charge in [-0.1, -0.05) is 24.3 Å². The van der Waals surface area contributed by atoms with Crippen molar-refractivity contribution in [1.29, 1.82) is 0 Å². The largest absolute Gasteiger partial charge is 0.497 e. The molecule has 2 rings (SSSR count). The molecule has 1 amide bonds. The van der Waals surface area contributed by atoms with Crippen molar-refractivity contribution in [3.05, 3.63) is 54.1 Å². The molecule has 5 heteroatoms. The van der Waals surface area contributed by atoms with Crippen molar-refractivity contribution >= 4 is 5.91 Å². The van der Waals surface area contributed by atoms with Crippen LogP contribution >= 0.6 is 0 Å². The van der Waals surface area contributed by atoms with Crippen LogP contribution in [0.4, 0.5) is 0 Å². The minimum absolute atomic E-state index is 0.183. The minimum atomic E-state index is -0.621. The molecule has 0 bridgehead atoms. The van der Waals surface area contributed by atoms with Crippen LogP contribution in [0, 0.1) is 0 Å². The van der Waals surface area contributed by atoms with E-state index in [1.807, 2.05) is 49.4 Å². The Balaban J connectivity index is 1.90. The summed E-state index contributed by atoms with van der Waals surface area (Å²) >= 11 is 0. The average Bonchev–Trinajstić information content (AvgIpc) is 2.62. The first kappa shape index (κ1) is 17.7. The predicted molar refractivity (Wildman–Crippen MR) is 92.5 cm³/mol. The Labute approximate surface area is 142 Å². The van der Waals surface area contributed by atoms with Gasteiger partial charge in [0, 0.05) is 6.54 Å². The molecule has 0 spiro atoms. The summed E-state index contributed by atoms with van der Waals surface area (Å²) in [5.74, 6) is 1.80. The molecule has 24 heavy (non-hydrogen) atoms. The smallest absolute Gasteiger partial charge is 0.261 e. The first-order valence-electron chi connectivity index (χ1n) is 7.93. The number of para-hydroxylation sites is 2. The molecule has 0 fully saturated rings. The molecule has 0 aromatic heterocycles. The van der Waals surface area contributed by atoms with Crippen LogP contribution in [0.5, 0.6) is 17.2 Å². The fraction of sp³-hybridized carbons (Fsp3) is 0.316. The maximum absolute atomic E-state index is 12.2. The van der Waals surface area contributed by atoms with Gasteiger partial charge in [-0.25, -0.2) is 0 Å². The average molecular weight is 329 g/mol. The number of amides is 1. The van der Waals surface area contributed by atoms with Crippen molar-refractivity contribution in [1.82, 2.24) is 5.32 Å². The normalized spacial score (nSPS) is 11.5. The van der Waals surface area contributed by atoms with E-state index in [-0.39, 0.29) is 5.91 Å². The van der Waals surface area contributed by atoms with E-state index in [0.29, 0.717) is 24.7 Å². The number of ether oxygens (including phenoxy) is 3. The number of hydrogen-bond acceptors (Lipinski definition) is 4. The molecule has 1 N–H and O–H groups in total. The first-order chi connectivity index (χ1) is 11.6. The molecular weight excluding hydrogens is 306 g/mol. The summed E-state index contributed by atoms with van der Waals surface area (Å²) < 4.78 is 16.3. The lowest BCUT2D eigenvalue weighted by Gasteiger charge is -2.17. The highest BCUT2D eigenvalue weighted by atomic mass is 16.5. The second-order valence-corrected chi connectivity index (χ2v) is 5.21. The summed E-state index contributed by atoms with van der Waals surface area (Å²) in [6.45, 7) is 4.59. The Morgan fingerprint density at radius 1 is 1.08 bits per heavy atom. The van der Waals surface area contributed by atoms with Gasteiger partial charge in [0.1, 0.15) is 5.75 Å². The fourth-order valence-electron chi connectivity index (χ4n) is 2.14. The SMILES string of the molecule is CCOc1ccccc1O[C@@H](C)C(=O)NCc1ccc(OC)cc1. The van der Waals surface area contributed by atoms with Gasteiger partial charge in [0.2, 0.25) is 0 Å². The van der Waals surface area contributed by atoms with Crippen molar-refractivity contribution in [2.75, 3.05) is 13.7 Å². The highest BCUT2D eigenvalue weighted by Crippen LogP contribution is 2.27. The van der Waals surface area contributed by atoms with Crippen molar-refractivity contribution in [3.8, 4) is 17.2 Å². The zero-order chi connectivity index (χ0) is 17.4. The summed E-state index contributed by atoms with van der Waals surface area (Å²) in [4.78, 5) is 12.2. The van der Waals surface area contributed by atoms with Crippen LogP contribution in [0.2, 0.25) is 0 Å². The molecule has 0 radical (unpaired) electrons. The summed E-state index contributed by atoms with van der Waals surface area (Å²) in [7, 11) is 1.62. The van der Waals surface area contributed by atoms with Crippen molar-refractivity contribution < 1.29 is 19.0 Å².